The van der Waals surface area contributed by atoms with Crippen molar-refractivity contribution in [2.24, 2.45) is 0 Å². The molecule has 1 amide bonds. The minimum absolute atomic E-state index is 0.0834. The van der Waals surface area contributed by atoms with Gasteiger partial charge in [-0.15, -0.1) is 11.8 Å². The number of hydrogen-bond acceptors (Lipinski definition) is 4. The predicted molar refractivity (Wildman–Crippen MR) is 122 cm³/mol. The van der Waals surface area contributed by atoms with Gasteiger partial charge >= 0.3 is 5.97 Å². The molecular formula is C25H25NO3S. The molecule has 0 N–H and O–H groups in total. The molecule has 5 heteroatoms. The van der Waals surface area contributed by atoms with Crippen molar-refractivity contribution in [1.82, 2.24) is 4.90 Å². The van der Waals surface area contributed by atoms with Crippen LogP contribution in [0.5, 0.6) is 0 Å². The highest BCUT2D eigenvalue weighted by Crippen LogP contribution is 2.40. The highest BCUT2D eigenvalue weighted by Gasteiger charge is 2.45. The van der Waals surface area contributed by atoms with Crippen LogP contribution in [0.15, 0.2) is 72.8 Å². The van der Waals surface area contributed by atoms with Crippen molar-refractivity contribution < 1.29 is 14.3 Å². The second kappa shape index (κ2) is 8.92. The molecule has 3 atom stereocenters. The molecule has 0 spiro atoms. The number of carbonyl (C=O) groups excluding carboxylic acids is 2. The Morgan fingerprint density at radius 3 is 2.47 bits per heavy atom. The first-order chi connectivity index (χ1) is 14.6. The maximum atomic E-state index is 13.7. The van der Waals surface area contributed by atoms with Gasteiger partial charge < -0.3 is 9.64 Å². The fourth-order valence-corrected chi connectivity index (χ4v) is 5.51. The minimum Gasteiger partial charge on any atom is -0.464 e. The van der Waals surface area contributed by atoms with E-state index in [1.165, 1.54) is 0 Å². The van der Waals surface area contributed by atoms with Crippen LogP contribution in [0.25, 0.3) is 10.8 Å². The summed E-state index contributed by atoms with van der Waals surface area (Å²) in [6, 6.07) is 23.2. The van der Waals surface area contributed by atoms with Crippen molar-refractivity contribution in [3.05, 3.63) is 83.9 Å². The van der Waals surface area contributed by atoms with Gasteiger partial charge in [0.15, 0.2) is 0 Å². The number of thioether (sulfide) groups is 1. The van der Waals surface area contributed by atoms with E-state index in [9.17, 15) is 9.59 Å². The van der Waals surface area contributed by atoms with Crippen LogP contribution in [0, 0.1) is 0 Å². The molecule has 0 aromatic heterocycles. The van der Waals surface area contributed by atoms with Gasteiger partial charge in [-0.1, -0.05) is 67.6 Å². The van der Waals surface area contributed by atoms with Crippen LogP contribution >= 0.6 is 11.8 Å². The van der Waals surface area contributed by atoms with Crippen molar-refractivity contribution in [1.29, 1.82) is 0 Å². The number of benzene rings is 3. The summed E-state index contributed by atoms with van der Waals surface area (Å²) < 4.78 is 5.30. The minimum atomic E-state index is -0.579. The third-order valence-corrected chi connectivity index (χ3v) is 7.06. The zero-order valence-electron chi connectivity index (χ0n) is 17.2. The largest absolute Gasteiger partial charge is 0.464 e. The lowest BCUT2D eigenvalue weighted by molar-refractivity contribution is -0.147. The third-order valence-electron chi connectivity index (χ3n) is 5.58. The number of rotatable bonds is 5. The van der Waals surface area contributed by atoms with Gasteiger partial charge in [0.05, 0.1) is 12.0 Å². The van der Waals surface area contributed by atoms with Crippen molar-refractivity contribution in [3.8, 4) is 0 Å². The maximum absolute atomic E-state index is 13.7. The van der Waals surface area contributed by atoms with Crippen molar-refractivity contribution in [2.45, 2.75) is 31.2 Å². The normalized spacial score (nSPS) is 19.6. The van der Waals surface area contributed by atoms with Gasteiger partial charge in [0, 0.05) is 17.2 Å². The summed E-state index contributed by atoms with van der Waals surface area (Å²) >= 11 is 1.65. The quantitative estimate of drug-likeness (QED) is 0.541. The fraction of sp³-hybridized carbons (Fsp3) is 0.280. The van der Waals surface area contributed by atoms with Gasteiger partial charge in [-0.25, -0.2) is 4.79 Å². The van der Waals surface area contributed by atoms with Crippen LogP contribution in [-0.4, -0.2) is 40.6 Å². The molecule has 30 heavy (non-hydrogen) atoms. The SMILES string of the molecule is CCOC(=O)C1CSC(C(C)c2ccccc2)N1C(=O)c1ccc2ccccc2c1. The lowest BCUT2D eigenvalue weighted by Crippen LogP contribution is -2.47. The number of amides is 1. The Morgan fingerprint density at radius 1 is 1.03 bits per heavy atom. The van der Waals surface area contributed by atoms with E-state index < -0.39 is 6.04 Å². The van der Waals surface area contributed by atoms with E-state index in [0.717, 1.165) is 16.3 Å². The molecular weight excluding hydrogens is 394 g/mol. The summed E-state index contributed by atoms with van der Waals surface area (Å²) in [6.45, 7) is 4.21. The Morgan fingerprint density at radius 2 is 1.73 bits per heavy atom. The number of nitrogens with zero attached hydrogens (tertiary/aromatic N) is 1. The number of fused-ring (bicyclic) bond motifs is 1. The Kier molecular flexibility index (Phi) is 6.09. The lowest BCUT2D eigenvalue weighted by atomic mass is 9.98. The molecule has 1 saturated heterocycles. The summed E-state index contributed by atoms with van der Waals surface area (Å²) in [5.74, 6) is 0.165. The molecule has 1 aliphatic rings. The average Bonchev–Trinajstić information content (AvgIpc) is 3.23. The molecule has 0 radical (unpaired) electrons. The first-order valence-corrected chi connectivity index (χ1v) is 11.3. The molecule has 0 bridgehead atoms. The molecule has 1 heterocycles. The van der Waals surface area contributed by atoms with Crippen LogP contribution < -0.4 is 0 Å². The van der Waals surface area contributed by atoms with E-state index in [1.54, 1.807) is 23.6 Å². The van der Waals surface area contributed by atoms with Crippen LogP contribution in [0.3, 0.4) is 0 Å². The summed E-state index contributed by atoms with van der Waals surface area (Å²) in [5.41, 5.74) is 1.74. The number of ether oxygens (including phenoxy) is 1. The third kappa shape index (κ3) is 3.94. The molecule has 4 rings (SSSR count). The smallest absolute Gasteiger partial charge is 0.329 e. The summed E-state index contributed by atoms with van der Waals surface area (Å²) in [5, 5.41) is 1.96. The van der Waals surface area contributed by atoms with Gasteiger partial charge in [-0.3, -0.25) is 4.79 Å². The van der Waals surface area contributed by atoms with Crippen molar-refractivity contribution >= 4 is 34.4 Å². The van der Waals surface area contributed by atoms with Crippen LogP contribution in [0.4, 0.5) is 0 Å². The second-order valence-electron chi connectivity index (χ2n) is 7.47. The highest BCUT2D eigenvalue weighted by molar-refractivity contribution is 8.00. The maximum Gasteiger partial charge on any atom is 0.329 e. The van der Waals surface area contributed by atoms with Gasteiger partial charge in [0.2, 0.25) is 0 Å². The summed E-state index contributed by atoms with van der Waals surface area (Å²) in [4.78, 5) is 28.1. The van der Waals surface area contributed by atoms with Crippen molar-refractivity contribution in [3.63, 3.8) is 0 Å². The average molecular weight is 420 g/mol. The van der Waals surface area contributed by atoms with E-state index in [2.05, 4.69) is 19.1 Å². The molecule has 3 unspecified atom stereocenters. The summed E-state index contributed by atoms with van der Waals surface area (Å²) in [6.07, 6.45) is 0. The van der Waals surface area contributed by atoms with Gasteiger partial charge in [-0.2, -0.15) is 0 Å². The Hall–Kier alpha value is -2.79. The Labute approximate surface area is 181 Å². The summed E-state index contributed by atoms with van der Waals surface area (Å²) in [7, 11) is 0. The van der Waals surface area contributed by atoms with E-state index in [0.29, 0.717) is 17.9 Å². The second-order valence-corrected chi connectivity index (χ2v) is 8.62. The number of esters is 1. The molecule has 154 valence electrons. The molecule has 1 fully saturated rings. The highest BCUT2D eigenvalue weighted by atomic mass is 32.2. The Bertz CT molecular complexity index is 1050. The first-order valence-electron chi connectivity index (χ1n) is 10.2. The molecule has 3 aromatic rings. The van der Waals surface area contributed by atoms with Gasteiger partial charge in [0.1, 0.15) is 6.04 Å². The molecule has 3 aromatic carbocycles. The fourth-order valence-electron chi connectivity index (χ4n) is 3.98. The van der Waals surface area contributed by atoms with E-state index in [4.69, 9.17) is 4.74 Å². The van der Waals surface area contributed by atoms with Crippen LogP contribution in [0.1, 0.15) is 35.7 Å². The standard InChI is InChI=1S/C25H25NO3S/c1-3-29-25(28)22-16-30-24(17(2)18-9-5-4-6-10-18)26(22)23(27)21-14-13-19-11-7-8-12-20(19)15-21/h4-15,17,22,24H,3,16H2,1-2H3. The molecule has 0 saturated carbocycles. The Balaban J connectivity index is 1.70. The first kappa shape index (κ1) is 20.5. The van der Waals surface area contributed by atoms with Gasteiger partial charge in [-0.05, 0) is 35.4 Å². The zero-order valence-corrected chi connectivity index (χ0v) is 18.0. The van der Waals surface area contributed by atoms with E-state index in [-0.39, 0.29) is 23.2 Å². The van der Waals surface area contributed by atoms with Crippen molar-refractivity contribution in [2.75, 3.05) is 12.4 Å². The van der Waals surface area contributed by atoms with Crippen LogP contribution in [-0.2, 0) is 9.53 Å². The molecule has 0 aliphatic carbocycles. The number of carbonyl (C=O) groups is 2. The van der Waals surface area contributed by atoms with E-state index >= 15 is 0 Å². The molecule has 1 aliphatic heterocycles. The number of hydrogen-bond donors (Lipinski definition) is 0. The monoisotopic (exact) mass is 419 g/mol. The molecule has 4 nitrogen and oxygen atoms in total. The topological polar surface area (TPSA) is 46.6 Å². The van der Waals surface area contributed by atoms with E-state index in [1.807, 2.05) is 60.7 Å². The van der Waals surface area contributed by atoms with Crippen LogP contribution in [0.2, 0.25) is 0 Å². The lowest BCUT2D eigenvalue weighted by Gasteiger charge is -2.32. The predicted octanol–water partition coefficient (Wildman–Crippen LogP) is 5.09. The zero-order chi connectivity index (χ0) is 21.1. The van der Waals surface area contributed by atoms with Gasteiger partial charge in [0.25, 0.3) is 5.91 Å².